The molecule has 3 saturated carbocycles. The average Bonchev–Trinajstić information content (AvgIpc) is 3.10. The molecule has 0 aromatic heterocycles. The number of alkyl halides is 2. The molecular weight excluding hydrogens is 692 g/mol. The third-order valence-corrected chi connectivity index (χ3v) is 11.4. The van der Waals surface area contributed by atoms with Crippen molar-refractivity contribution in [3.05, 3.63) is 94.1 Å². The molecule has 0 amide bonds. The van der Waals surface area contributed by atoms with Crippen LogP contribution in [0, 0.1) is 71.4 Å². The van der Waals surface area contributed by atoms with Crippen LogP contribution >= 0.6 is 0 Å². The van der Waals surface area contributed by atoms with Crippen molar-refractivity contribution in [3.8, 4) is 11.5 Å². The predicted octanol–water partition coefficient (Wildman–Crippen LogP) is 12.6. The molecule has 3 aliphatic rings. The van der Waals surface area contributed by atoms with Crippen molar-refractivity contribution < 1.29 is 49.4 Å². The highest BCUT2D eigenvalue weighted by Crippen LogP contribution is 2.45. The highest BCUT2D eigenvalue weighted by Gasteiger charge is 2.45. The molecule has 0 bridgehead atoms. The highest BCUT2D eigenvalue weighted by atomic mass is 19.3. The standard InChI is InChI=1S/C21H21F3O2.C20H25F5O/c1-12-3-5-14(6-4-12)15-7-8-17(20(24)9-15)21(25)26-16-10-18(22)13(2)19(23)11-16;1-12-2-4-13(5-3-12)14-6-8-15(9-7-14)20(24,25)26-16-10-17(21)19(23)18(22)11-16/h7-12,14H,3-6H2,1-2H3;10-15H,2-9H2,1H3. The molecule has 6 rings (SSSR count). The van der Waals surface area contributed by atoms with Crippen LogP contribution in [-0.4, -0.2) is 12.1 Å². The van der Waals surface area contributed by atoms with Crippen molar-refractivity contribution in [2.75, 3.05) is 0 Å². The molecular formula is C41H46F8O3. The first kappa shape index (κ1) is 39.6. The number of rotatable bonds is 7. The van der Waals surface area contributed by atoms with Crippen LogP contribution in [-0.2, 0) is 0 Å². The van der Waals surface area contributed by atoms with E-state index in [4.69, 9.17) is 4.74 Å². The van der Waals surface area contributed by atoms with Gasteiger partial charge in [0.2, 0.25) is 0 Å². The fourth-order valence-electron chi connectivity index (χ4n) is 7.90. The lowest BCUT2D eigenvalue weighted by atomic mass is 9.69. The molecule has 52 heavy (non-hydrogen) atoms. The third kappa shape index (κ3) is 9.86. The Morgan fingerprint density at radius 2 is 1.10 bits per heavy atom. The second kappa shape index (κ2) is 17.0. The third-order valence-electron chi connectivity index (χ3n) is 11.4. The largest absolute Gasteiger partial charge is 0.432 e. The van der Waals surface area contributed by atoms with E-state index in [0.717, 1.165) is 62.1 Å². The molecule has 0 unspecified atom stereocenters. The molecule has 3 fully saturated rings. The molecule has 3 aromatic rings. The van der Waals surface area contributed by atoms with E-state index in [-0.39, 0.29) is 16.9 Å². The number of halogens is 8. The van der Waals surface area contributed by atoms with E-state index >= 15 is 0 Å². The average molecular weight is 739 g/mol. The van der Waals surface area contributed by atoms with Gasteiger partial charge in [0.25, 0.3) is 0 Å². The van der Waals surface area contributed by atoms with Gasteiger partial charge in [0, 0.05) is 29.8 Å². The van der Waals surface area contributed by atoms with Crippen LogP contribution in [0.5, 0.6) is 11.5 Å². The number of esters is 1. The molecule has 3 aromatic carbocycles. The summed E-state index contributed by atoms with van der Waals surface area (Å²) in [5.74, 6) is -7.17. The minimum Gasteiger partial charge on any atom is -0.432 e. The van der Waals surface area contributed by atoms with Crippen molar-refractivity contribution in [2.24, 2.45) is 29.6 Å². The Kier molecular flexibility index (Phi) is 12.9. The summed E-state index contributed by atoms with van der Waals surface area (Å²) in [5.41, 5.74) is 0.458. The van der Waals surface area contributed by atoms with Gasteiger partial charge in [-0.1, -0.05) is 45.6 Å². The molecule has 0 radical (unpaired) electrons. The van der Waals surface area contributed by atoms with Gasteiger partial charge in [-0.25, -0.2) is 31.1 Å². The Morgan fingerprint density at radius 1 is 0.615 bits per heavy atom. The van der Waals surface area contributed by atoms with Crippen LogP contribution in [0.2, 0.25) is 0 Å². The summed E-state index contributed by atoms with van der Waals surface area (Å²) in [6.45, 7) is 5.75. The van der Waals surface area contributed by atoms with Gasteiger partial charge in [-0.3, -0.25) is 0 Å². The summed E-state index contributed by atoms with van der Waals surface area (Å²) in [4.78, 5) is 12.2. The molecule has 0 heterocycles. The maximum Gasteiger partial charge on any atom is 0.400 e. The van der Waals surface area contributed by atoms with Gasteiger partial charge in [0.05, 0.1) is 11.5 Å². The second-order valence-electron chi connectivity index (χ2n) is 15.1. The molecule has 11 heteroatoms. The molecule has 0 spiro atoms. The highest BCUT2D eigenvalue weighted by molar-refractivity contribution is 5.91. The van der Waals surface area contributed by atoms with E-state index in [1.54, 1.807) is 6.07 Å². The normalized spacial score (nSPS) is 25.1. The van der Waals surface area contributed by atoms with Crippen LogP contribution in [0.1, 0.15) is 118 Å². The van der Waals surface area contributed by atoms with Crippen LogP contribution in [0.15, 0.2) is 42.5 Å². The Labute approximate surface area is 300 Å². The Morgan fingerprint density at radius 3 is 1.62 bits per heavy atom. The number of hydrogen-bond donors (Lipinski definition) is 0. The Bertz CT molecular complexity index is 1640. The van der Waals surface area contributed by atoms with Crippen LogP contribution in [0.3, 0.4) is 0 Å². The molecule has 3 aliphatic carbocycles. The van der Waals surface area contributed by atoms with E-state index in [9.17, 15) is 39.9 Å². The maximum atomic E-state index is 14.4. The van der Waals surface area contributed by atoms with Crippen LogP contribution in [0.25, 0.3) is 0 Å². The lowest BCUT2D eigenvalue weighted by Crippen LogP contribution is -2.38. The number of hydrogen-bond acceptors (Lipinski definition) is 3. The minimum absolute atomic E-state index is 0.165. The predicted molar refractivity (Wildman–Crippen MR) is 181 cm³/mol. The maximum absolute atomic E-state index is 14.4. The summed E-state index contributed by atoms with van der Waals surface area (Å²) >= 11 is 0. The van der Waals surface area contributed by atoms with Crippen molar-refractivity contribution in [2.45, 2.75) is 110 Å². The van der Waals surface area contributed by atoms with Crippen molar-refractivity contribution in [1.82, 2.24) is 0 Å². The summed E-state index contributed by atoms with van der Waals surface area (Å²) in [6.07, 6.45) is 7.62. The van der Waals surface area contributed by atoms with Crippen molar-refractivity contribution in [1.29, 1.82) is 0 Å². The van der Waals surface area contributed by atoms with Gasteiger partial charge in [0.15, 0.2) is 17.5 Å². The van der Waals surface area contributed by atoms with Gasteiger partial charge in [-0.15, -0.1) is 0 Å². The first-order valence-electron chi connectivity index (χ1n) is 18.3. The van der Waals surface area contributed by atoms with E-state index in [2.05, 4.69) is 18.6 Å². The lowest BCUT2D eigenvalue weighted by molar-refractivity contribution is -0.224. The Hall–Kier alpha value is -3.63. The zero-order valence-corrected chi connectivity index (χ0v) is 29.7. The smallest absolute Gasteiger partial charge is 0.400 e. The first-order valence-corrected chi connectivity index (χ1v) is 18.3. The number of carbonyl (C=O) groups excluding carboxylic acids is 1. The second-order valence-corrected chi connectivity index (χ2v) is 15.1. The first-order chi connectivity index (χ1) is 24.6. The van der Waals surface area contributed by atoms with Crippen molar-refractivity contribution in [3.63, 3.8) is 0 Å². The van der Waals surface area contributed by atoms with E-state index < -0.39 is 58.6 Å². The molecule has 0 saturated heterocycles. The summed E-state index contributed by atoms with van der Waals surface area (Å²) in [7, 11) is 0. The van der Waals surface area contributed by atoms with Crippen LogP contribution in [0.4, 0.5) is 35.1 Å². The monoisotopic (exact) mass is 738 g/mol. The zero-order valence-electron chi connectivity index (χ0n) is 29.7. The fourth-order valence-corrected chi connectivity index (χ4v) is 7.90. The number of carbonyl (C=O) groups is 1. The Balaban J connectivity index is 0.000000201. The fraction of sp³-hybridized carbons (Fsp3) is 0.537. The number of ether oxygens (including phenoxy) is 2. The lowest BCUT2D eigenvalue weighted by Gasteiger charge is -2.38. The van der Waals surface area contributed by atoms with Crippen molar-refractivity contribution >= 4 is 5.97 Å². The molecule has 3 nitrogen and oxygen atoms in total. The van der Waals surface area contributed by atoms with E-state index in [0.29, 0.717) is 48.6 Å². The topological polar surface area (TPSA) is 35.5 Å². The summed E-state index contributed by atoms with van der Waals surface area (Å²) < 4.78 is 119. The van der Waals surface area contributed by atoms with E-state index in [1.807, 2.05) is 0 Å². The van der Waals surface area contributed by atoms with Gasteiger partial charge in [-0.05, 0) is 106 Å². The molecule has 0 atom stereocenters. The minimum atomic E-state index is -3.53. The van der Waals surface area contributed by atoms with Gasteiger partial charge >= 0.3 is 12.1 Å². The van der Waals surface area contributed by atoms with E-state index in [1.165, 1.54) is 44.7 Å². The summed E-state index contributed by atoms with van der Waals surface area (Å²) in [6, 6.07) is 7.22. The van der Waals surface area contributed by atoms with Crippen LogP contribution < -0.4 is 9.47 Å². The van der Waals surface area contributed by atoms with Gasteiger partial charge in [-0.2, -0.15) is 8.78 Å². The summed E-state index contributed by atoms with van der Waals surface area (Å²) in [5, 5.41) is 0. The zero-order chi connectivity index (χ0) is 37.7. The van der Waals surface area contributed by atoms with Gasteiger partial charge in [0.1, 0.15) is 29.0 Å². The van der Waals surface area contributed by atoms with Gasteiger partial charge < -0.3 is 9.47 Å². The molecule has 0 aliphatic heterocycles. The molecule has 284 valence electrons. The quantitative estimate of drug-likeness (QED) is 0.105. The molecule has 0 N–H and O–H groups in total. The number of benzene rings is 3. The SMILES string of the molecule is CC1CCC(C2CCC(C(F)(F)Oc3cc(F)c(F)c(F)c3)CC2)CC1.Cc1c(F)cc(OC(=O)c2ccc(C3CCC(C)CC3)cc2F)cc1F.